The molecule has 1 aromatic rings. The third kappa shape index (κ3) is 2.54. The molecule has 2 rings (SSSR count). The number of aromatic nitrogens is 2. The zero-order valence-electron chi connectivity index (χ0n) is 11.3. The summed E-state index contributed by atoms with van der Waals surface area (Å²) in [6.45, 7) is 4.80. The number of ether oxygens (including phenoxy) is 1. The summed E-state index contributed by atoms with van der Waals surface area (Å²) in [4.78, 5) is 10.7. The van der Waals surface area contributed by atoms with Crippen LogP contribution >= 0.6 is 0 Å². The van der Waals surface area contributed by atoms with Crippen molar-refractivity contribution in [1.82, 2.24) is 9.97 Å². The second kappa shape index (κ2) is 5.07. The highest BCUT2D eigenvalue weighted by atomic mass is 16.5. The first-order valence-corrected chi connectivity index (χ1v) is 6.04. The molecule has 6 nitrogen and oxygen atoms in total. The summed E-state index contributed by atoms with van der Waals surface area (Å²) in [5, 5.41) is 13.0. The molecule has 0 bridgehead atoms. The number of hydrogen-bond acceptors (Lipinski definition) is 6. The molecule has 18 heavy (non-hydrogen) atoms. The zero-order chi connectivity index (χ0) is 13.3. The summed E-state index contributed by atoms with van der Waals surface area (Å²) >= 11 is 0. The molecule has 1 aliphatic rings. The Morgan fingerprint density at radius 2 is 2.00 bits per heavy atom. The van der Waals surface area contributed by atoms with Crippen LogP contribution in [-0.2, 0) is 4.74 Å². The summed E-state index contributed by atoms with van der Waals surface area (Å²) < 4.78 is 5.22. The molecular formula is C12H20N4O2. The standard InChI is InChI=1S/C12H20N4O2/c1-7-8(2)13-12(16(3)4)15-11(7)14-9-5-18-6-10(9)17/h9-10,17H,5-6H2,1-4H3,(H,13,14,15)/t9-,10-/m0/s1. The van der Waals surface area contributed by atoms with Crippen LogP contribution in [0.4, 0.5) is 11.8 Å². The predicted octanol–water partition coefficient (Wildman–Crippen LogP) is 0.331. The molecular weight excluding hydrogens is 232 g/mol. The summed E-state index contributed by atoms with van der Waals surface area (Å²) in [6, 6.07) is -0.104. The van der Waals surface area contributed by atoms with Crippen LogP contribution in [0.1, 0.15) is 11.3 Å². The maximum atomic E-state index is 9.75. The van der Waals surface area contributed by atoms with Gasteiger partial charge in [0.1, 0.15) is 5.82 Å². The van der Waals surface area contributed by atoms with Gasteiger partial charge in [-0.15, -0.1) is 0 Å². The van der Waals surface area contributed by atoms with Crippen molar-refractivity contribution >= 4 is 11.8 Å². The molecule has 0 saturated carbocycles. The smallest absolute Gasteiger partial charge is 0.227 e. The highest BCUT2D eigenvalue weighted by Gasteiger charge is 2.27. The van der Waals surface area contributed by atoms with E-state index in [0.717, 1.165) is 17.1 Å². The topological polar surface area (TPSA) is 70.5 Å². The lowest BCUT2D eigenvalue weighted by atomic mass is 10.2. The molecule has 0 aliphatic carbocycles. The van der Waals surface area contributed by atoms with Crippen LogP contribution in [0, 0.1) is 13.8 Å². The van der Waals surface area contributed by atoms with Gasteiger partial charge in [0.05, 0.1) is 25.4 Å². The van der Waals surface area contributed by atoms with E-state index in [0.29, 0.717) is 19.2 Å². The average Bonchev–Trinajstić information content (AvgIpc) is 2.70. The van der Waals surface area contributed by atoms with E-state index in [1.807, 2.05) is 32.8 Å². The lowest BCUT2D eigenvalue weighted by Gasteiger charge is -2.20. The van der Waals surface area contributed by atoms with Gasteiger partial charge in [0.2, 0.25) is 5.95 Å². The first-order chi connectivity index (χ1) is 8.49. The lowest BCUT2D eigenvalue weighted by Crippen LogP contribution is -2.33. The van der Waals surface area contributed by atoms with Crippen molar-refractivity contribution in [3.8, 4) is 0 Å². The maximum absolute atomic E-state index is 9.75. The van der Waals surface area contributed by atoms with Crippen LogP contribution in [0.25, 0.3) is 0 Å². The normalized spacial score (nSPS) is 23.2. The SMILES string of the molecule is Cc1nc(N(C)C)nc(N[C@H]2COC[C@@H]2O)c1C. The van der Waals surface area contributed by atoms with Crippen molar-refractivity contribution in [3.05, 3.63) is 11.3 Å². The molecule has 1 saturated heterocycles. The van der Waals surface area contributed by atoms with Gasteiger partial charge < -0.3 is 20.1 Å². The lowest BCUT2D eigenvalue weighted by molar-refractivity contribution is 0.125. The molecule has 6 heteroatoms. The number of nitrogens with zero attached hydrogens (tertiary/aromatic N) is 3. The number of rotatable bonds is 3. The van der Waals surface area contributed by atoms with Gasteiger partial charge in [0.25, 0.3) is 0 Å². The third-order valence-corrected chi connectivity index (χ3v) is 3.15. The minimum absolute atomic E-state index is 0.104. The van der Waals surface area contributed by atoms with Gasteiger partial charge in [-0.3, -0.25) is 0 Å². The van der Waals surface area contributed by atoms with Crippen LogP contribution < -0.4 is 10.2 Å². The molecule has 1 fully saturated rings. The van der Waals surface area contributed by atoms with Gasteiger partial charge in [-0.05, 0) is 13.8 Å². The summed E-state index contributed by atoms with van der Waals surface area (Å²) in [5.74, 6) is 1.43. The van der Waals surface area contributed by atoms with Crippen molar-refractivity contribution < 1.29 is 9.84 Å². The van der Waals surface area contributed by atoms with Crippen LogP contribution in [0.15, 0.2) is 0 Å². The first-order valence-electron chi connectivity index (χ1n) is 6.04. The molecule has 0 spiro atoms. The minimum atomic E-state index is -0.484. The fraction of sp³-hybridized carbons (Fsp3) is 0.667. The van der Waals surface area contributed by atoms with Gasteiger partial charge in [-0.25, -0.2) is 4.98 Å². The zero-order valence-corrected chi connectivity index (χ0v) is 11.3. The summed E-state index contributed by atoms with van der Waals surface area (Å²) in [6.07, 6.45) is -0.484. The monoisotopic (exact) mass is 252 g/mol. The fourth-order valence-corrected chi connectivity index (χ4v) is 1.81. The Morgan fingerprint density at radius 3 is 2.56 bits per heavy atom. The second-order valence-electron chi connectivity index (χ2n) is 4.83. The van der Waals surface area contributed by atoms with Gasteiger partial charge in [-0.1, -0.05) is 0 Å². The highest BCUT2D eigenvalue weighted by molar-refractivity contribution is 5.51. The molecule has 1 aliphatic heterocycles. The van der Waals surface area contributed by atoms with Crippen LogP contribution in [0.5, 0.6) is 0 Å². The van der Waals surface area contributed by atoms with Gasteiger partial charge >= 0.3 is 0 Å². The highest BCUT2D eigenvalue weighted by Crippen LogP contribution is 2.21. The van der Waals surface area contributed by atoms with Crippen LogP contribution in [-0.4, -0.2) is 54.5 Å². The Kier molecular flexibility index (Phi) is 3.68. The van der Waals surface area contributed by atoms with Crippen LogP contribution in [0.2, 0.25) is 0 Å². The number of aliphatic hydroxyl groups excluding tert-OH is 1. The van der Waals surface area contributed by atoms with E-state index < -0.39 is 6.10 Å². The number of aryl methyl sites for hydroxylation is 1. The minimum Gasteiger partial charge on any atom is -0.388 e. The van der Waals surface area contributed by atoms with Gasteiger partial charge in [-0.2, -0.15) is 4.98 Å². The van der Waals surface area contributed by atoms with Gasteiger partial charge in [0.15, 0.2) is 0 Å². The average molecular weight is 252 g/mol. The predicted molar refractivity (Wildman–Crippen MR) is 70.1 cm³/mol. The Morgan fingerprint density at radius 1 is 1.28 bits per heavy atom. The van der Waals surface area contributed by atoms with E-state index in [-0.39, 0.29) is 6.04 Å². The third-order valence-electron chi connectivity index (χ3n) is 3.15. The van der Waals surface area contributed by atoms with E-state index in [1.54, 1.807) is 0 Å². The number of anilines is 2. The van der Waals surface area contributed by atoms with Crippen molar-refractivity contribution in [2.24, 2.45) is 0 Å². The fourth-order valence-electron chi connectivity index (χ4n) is 1.81. The van der Waals surface area contributed by atoms with Crippen molar-refractivity contribution in [2.45, 2.75) is 26.0 Å². The van der Waals surface area contributed by atoms with Crippen molar-refractivity contribution in [1.29, 1.82) is 0 Å². The molecule has 0 amide bonds. The maximum Gasteiger partial charge on any atom is 0.227 e. The Hall–Kier alpha value is -1.40. The number of nitrogens with one attached hydrogen (secondary N) is 1. The van der Waals surface area contributed by atoms with Crippen molar-refractivity contribution in [3.63, 3.8) is 0 Å². The second-order valence-corrected chi connectivity index (χ2v) is 4.83. The molecule has 2 atom stereocenters. The summed E-state index contributed by atoms with van der Waals surface area (Å²) in [7, 11) is 3.81. The largest absolute Gasteiger partial charge is 0.388 e. The molecule has 100 valence electrons. The molecule has 0 aromatic carbocycles. The molecule has 0 radical (unpaired) electrons. The van der Waals surface area contributed by atoms with E-state index >= 15 is 0 Å². The van der Waals surface area contributed by atoms with Gasteiger partial charge in [0, 0.05) is 25.4 Å². The van der Waals surface area contributed by atoms with Crippen molar-refractivity contribution in [2.75, 3.05) is 37.5 Å². The van der Waals surface area contributed by atoms with E-state index in [9.17, 15) is 5.11 Å². The quantitative estimate of drug-likeness (QED) is 0.808. The number of hydrogen-bond donors (Lipinski definition) is 2. The molecule has 2 heterocycles. The molecule has 2 N–H and O–H groups in total. The Balaban J connectivity index is 2.25. The summed E-state index contributed by atoms with van der Waals surface area (Å²) in [5.41, 5.74) is 1.93. The number of aliphatic hydroxyl groups is 1. The molecule has 1 aromatic heterocycles. The van der Waals surface area contributed by atoms with E-state index in [4.69, 9.17) is 4.74 Å². The Bertz CT molecular complexity index is 436. The first kappa shape index (κ1) is 13.0. The van der Waals surface area contributed by atoms with Crippen LogP contribution in [0.3, 0.4) is 0 Å². The Labute approximate surface area is 107 Å². The van der Waals surface area contributed by atoms with E-state index in [1.165, 1.54) is 0 Å². The van der Waals surface area contributed by atoms with E-state index in [2.05, 4.69) is 15.3 Å². The molecule has 0 unspecified atom stereocenters.